The molecule has 1 saturated heterocycles. The van der Waals surface area contributed by atoms with Gasteiger partial charge in [-0.2, -0.15) is 0 Å². The van der Waals surface area contributed by atoms with Crippen LogP contribution in [-0.2, 0) is 4.79 Å². The quantitative estimate of drug-likeness (QED) is 0.779. The van der Waals surface area contributed by atoms with E-state index >= 15 is 0 Å². The zero-order valence-electron chi connectivity index (χ0n) is 16.5. The number of piperazine rings is 1. The summed E-state index contributed by atoms with van der Waals surface area (Å²) in [6, 6.07) is 11.4. The first-order chi connectivity index (χ1) is 13.6. The fraction of sp³-hybridized carbons (Fsp3) is 0.429. The average molecular weight is 381 g/mol. The molecule has 0 spiro atoms. The summed E-state index contributed by atoms with van der Waals surface area (Å²) in [6.45, 7) is 6.63. The number of carbonyl (C=O) groups is 2. The molecule has 3 rings (SSSR count). The molecule has 28 heavy (non-hydrogen) atoms. The summed E-state index contributed by atoms with van der Waals surface area (Å²) in [5, 5.41) is 3.30. The molecule has 148 valence electrons. The van der Waals surface area contributed by atoms with Crippen molar-refractivity contribution in [2.75, 3.05) is 38.0 Å². The number of amides is 2. The Morgan fingerprint density at radius 1 is 1.04 bits per heavy atom. The number of aromatic nitrogens is 2. The van der Waals surface area contributed by atoms with Crippen molar-refractivity contribution in [3.05, 3.63) is 42.1 Å². The van der Waals surface area contributed by atoms with Gasteiger partial charge in [-0.1, -0.05) is 43.7 Å². The van der Waals surface area contributed by atoms with E-state index in [2.05, 4.69) is 22.2 Å². The lowest BCUT2D eigenvalue weighted by atomic mass is 10.2. The van der Waals surface area contributed by atoms with Crippen LogP contribution in [0.2, 0.25) is 0 Å². The smallest absolute Gasteiger partial charge is 0.272 e. The van der Waals surface area contributed by atoms with Crippen molar-refractivity contribution in [2.45, 2.75) is 26.7 Å². The largest absolute Gasteiger partial charge is 0.370 e. The van der Waals surface area contributed by atoms with Crippen molar-refractivity contribution in [3.8, 4) is 11.4 Å². The number of hydrogen-bond acceptors (Lipinski definition) is 5. The minimum atomic E-state index is -0.124. The summed E-state index contributed by atoms with van der Waals surface area (Å²) in [5.41, 5.74) is 1.25. The predicted octanol–water partition coefficient (Wildman–Crippen LogP) is 2.66. The summed E-state index contributed by atoms with van der Waals surface area (Å²) in [6.07, 6.45) is 2.11. The molecule has 1 aliphatic heterocycles. The number of anilines is 1. The van der Waals surface area contributed by atoms with Crippen molar-refractivity contribution in [2.24, 2.45) is 0 Å². The Labute approximate surface area is 165 Å². The van der Waals surface area contributed by atoms with Gasteiger partial charge in [0, 0.05) is 51.3 Å². The second kappa shape index (κ2) is 9.30. The van der Waals surface area contributed by atoms with Gasteiger partial charge in [0.05, 0.1) is 0 Å². The van der Waals surface area contributed by atoms with Crippen LogP contribution in [0, 0.1) is 0 Å². The van der Waals surface area contributed by atoms with Crippen LogP contribution in [0.25, 0.3) is 11.4 Å². The highest BCUT2D eigenvalue weighted by Gasteiger charge is 2.25. The van der Waals surface area contributed by atoms with Gasteiger partial charge >= 0.3 is 0 Å². The topological polar surface area (TPSA) is 78.4 Å². The van der Waals surface area contributed by atoms with Crippen LogP contribution >= 0.6 is 0 Å². The molecule has 0 aliphatic carbocycles. The Kier molecular flexibility index (Phi) is 6.57. The zero-order valence-corrected chi connectivity index (χ0v) is 16.5. The van der Waals surface area contributed by atoms with E-state index < -0.39 is 0 Å². The molecule has 1 aromatic heterocycles. The molecule has 7 nitrogen and oxygen atoms in total. The number of hydrogen-bond donors (Lipinski definition) is 1. The minimum Gasteiger partial charge on any atom is -0.370 e. The van der Waals surface area contributed by atoms with Crippen LogP contribution in [0.4, 0.5) is 5.82 Å². The Morgan fingerprint density at radius 2 is 1.71 bits per heavy atom. The van der Waals surface area contributed by atoms with Gasteiger partial charge in [-0.25, -0.2) is 9.97 Å². The van der Waals surface area contributed by atoms with Crippen LogP contribution in [0.5, 0.6) is 0 Å². The van der Waals surface area contributed by atoms with Crippen LogP contribution in [0.3, 0.4) is 0 Å². The van der Waals surface area contributed by atoms with E-state index in [1.807, 2.05) is 30.3 Å². The van der Waals surface area contributed by atoms with Gasteiger partial charge in [0.15, 0.2) is 5.82 Å². The maximum absolute atomic E-state index is 13.0. The monoisotopic (exact) mass is 381 g/mol. The van der Waals surface area contributed by atoms with Crippen LogP contribution in [0.15, 0.2) is 36.4 Å². The first-order valence-electron chi connectivity index (χ1n) is 9.81. The predicted molar refractivity (Wildman–Crippen MR) is 109 cm³/mol. The Balaban J connectivity index is 1.83. The second-order valence-corrected chi connectivity index (χ2v) is 6.91. The molecule has 1 N–H and O–H groups in total. The summed E-state index contributed by atoms with van der Waals surface area (Å²) in [4.78, 5) is 37.2. The van der Waals surface area contributed by atoms with Crippen LogP contribution < -0.4 is 5.32 Å². The Hall–Kier alpha value is -2.96. The second-order valence-electron chi connectivity index (χ2n) is 6.91. The Morgan fingerprint density at radius 3 is 2.36 bits per heavy atom. The molecule has 0 atom stereocenters. The molecule has 0 radical (unpaired) electrons. The van der Waals surface area contributed by atoms with E-state index in [1.165, 1.54) is 0 Å². The molecule has 0 unspecified atom stereocenters. The van der Waals surface area contributed by atoms with Gasteiger partial charge in [0.1, 0.15) is 11.5 Å². The fourth-order valence-electron chi connectivity index (χ4n) is 3.14. The van der Waals surface area contributed by atoms with Crippen LogP contribution in [0.1, 0.15) is 37.2 Å². The molecular weight excluding hydrogens is 354 g/mol. The third-order valence-corrected chi connectivity index (χ3v) is 4.83. The summed E-state index contributed by atoms with van der Waals surface area (Å²) in [7, 11) is 0. The van der Waals surface area contributed by atoms with Gasteiger partial charge in [-0.05, 0) is 6.42 Å². The third kappa shape index (κ3) is 4.85. The summed E-state index contributed by atoms with van der Waals surface area (Å²) >= 11 is 0. The van der Waals surface area contributed by atoms with E-state index in [9.17, 15) is 9.59 Å². The van der Waals surface area contributed by atoms with E-state index in [1.54, 1.807) is 22.8 Å². The maximum atomic E-state index is 13.0. The van der Waals surface area contributed by atoms with Gasteiger partial charge < -0.3 is 15.1 Å². The molecule has 0 bridgehead atoms. The minimum absolute atomic E-state index is 0.0444. The van der Waals surface area contributed by atoms with E-state index in [-0.39, 0.29) is 11.8 Å². The van der Waals surface area contributed by atoms with Crippen molar-refractivity contribution < 1.29 is 9.59 Å². The van der Waals surface area contributed by atoms with Gasteiger partial charge in [-0.15, -0.1) is 0 Å². The lowest BCUT2D eigenvalue weighted by Gasteiger charge is -2.34. The lowest BCUT2D eigenvalue weighted by molar-refractivity contribution is -0.130. The first kappa shape index (κ1) is 19.8. The SMILES string of the molecule is CCCCNc1cc(C(=O)N2CCN(C(C)=O)CC2)nc(-c2ccccc2)n1. The molecule has 2 heterocycles. The highest BCUT2D eigenvalue weighted by molar-refractivity contribution is 5.93. The average Bonchev–Trinajstić information content (AvgIpc) is 2.74. The molecule has 0 saturated carbocycles. The highest BCUT2D eigenvalue weighted by Crippen LogP contribution is 2.19. The standard InChI is InChI=1S/C21H27N5O2/c1-3-4-10-22-19-15-18(23-20(24-19)17-8-6-5-7-9-17)21(28)26-13-11-25(12-14-26)16(2)27/h5-9,15H,3-4,10-14H2,1-2H3,(H,22,23,24). The van der Waals surface area contributed by atoms with Gasteiger partial charge in [0.25, 0.3) is 5.91 Å². The molecule has 7 heteroatoms. The van der Waals surface area contributed by atoms with Crippen molar-refractivity contribution in [3.63, 3.8) is 0 Å². The summed E-state index contributed by atoms with van der Waals surface area (Å²) in [5.74, 6) is 1.12. The van der Waals surface area contributed by atoms with E-state index in [4.69, 9.17) is 0 Å². The number of rotatable bonds is 6. The number of nitrogens with one attached hydrogen (secondary N) is 1. The molecule has 1 fully saturated rings. The lowest BCUT2D eigenvalue weighted by Crippen LogP contribution is -2.50. The van der Waals surface area contributed by atoms with Crippen LogP contribution in [-0.4, -0.2) is 64.3 Å². The number of benzene rings is 1. The number of nitrogens with zero attached hydrogens (tertiary/aromatic N) is 4. The van der Waals surface area contributed by atoms with Crippen molar-refractivity contribution in [1.29, 1.82) is 0 Å². The van der Waals surface area contributed by atoms with E-state index in [0.29, 0.717) is 43.5 Å². The molecular formula is C21H27N5O2. The zero-order chi connectivity index (χ0) is 19.9. The fourth-order valence-corrected chi connectivity index (χ4v) is 3.14. The molecule has 2 aromatic rings. The molecule has 1 aromatic carbocycles. The van der Waals surface area contributed by atoms with Gasteiger partial charge in [-0.3, -0.25) is 9.59 Å². The normalized spacial score (nSPS) is 14.1. The van der Waals surface area contributed by atoms with Gasteiger partial charge in [0.2, 0.25) is 5.91 Å². The molecule has 1 aliphatic rings. The third-order valence-electron chi connectivity index (χ3n) is 4.83. The first-order valence-corrected chi connectivity index (χ1v) is 9.81. The molecule has 2 amide bonds. The summed E-state index contributed by atoms with van der Waals surface area (Å²) < 4.78 is 0. The van der Waals surface area contributed by atoms with Crippen molar-refractivity contribution in [1.82, 2.24) is 19.8 Å². The van der Waals surface area contributed by atoms with Crippen molar-refractivity contribution >= 4 is 17.6 Å². The number of carbonyl (C=O) groups excluding carboxylic acids is 2. The Bertz CT molecular complexity index is 817. The van der Waals surface area contributed by atoms with E-state index in [0.717, 1.165) is 24.9 Å². The number of unbranched alkanes of at least 4 members (excludes halogenated alkanes) is 1. The maximum Gasteiger partial charge on any atom is 0.272 e. The highest BCUT2D eigenvalue weighted by atomic mass is 16.2.